The van der Waals surface area contributed by atoms with Crippen molar-refractivity contribution in [2.24, 2.45) is 17.5 Å². The smallest absolute Gasteiger partial charge is 0.253 e. The minimum absolute atomic E-state index is 0.0708. The van der Waals surface area contributed by atoms with Gasteiger partial charge in [0.2, 0.25) is 0 Å². The second-order valence-corrected chi connectivity index (χ2v) is 3.31. The van der Waals surface area contributed by atoms with Crippen molar-refractivity contribution < 1.29 is 9.90 Å². The number of amides is 1. The number of hydrogen-bond acceptors (Lipinski definition) is 4. The summed E-state index contributed by atoms with van der Waals surface area (Å²) in [4.78, 5) is 11.0. The van der Waals surface area contributed by atoms with Gasteiger partial charge in [-0.05, 0) is 19.3 Å². The molecule has 0 radical (unpaired) electrons. The molecular weight excluding hydrogens is 182 g/mol. The number of aliphatic hydroxyl groups excluding tert-OH is 1. The fourth-order valence-electron chi connectivity index (χ4n) is 1.10. The second kappa shape index (κ2) is 6.53. The summed E-state index contributed by atoms with van der Waals surface area (Å²) < 4.78 is 0. The lowest BCUT2D eigenvalue weighted by Gasteiger charge is -2.22. The van der Waals surface area contributed by atoms with Crippen LogP contribution in [0.4, 0.5) is 0 Å². The number of allylic oxidation sites excluding steroid dienone is 2. The van der Waals surface area contributed by atoms with Gasteiger partial charge in [-0.25, -0.2) is 5.84 Å². The summed E-state index contributed by atoms with van der Waals surface area (Å²) in [6.45, 7) is 3.72. The fourth-order valence-corrected chi connectivity index (χ4v) is 1.10. The van der Waals surface area contributed by atoms with Crippen molar-refractivity contribution in [1.82, 2.24) is 5.43 Å². The van der Waals surface area contributed by atoms with Gasteiger partial charge in [-0.15, -0.1) is 0 Å². The maximum absolute atomic E-state index is 11.0. The summed E-state index contributed by atoms with van der Waals surface area (Å²) in [7, 11) is 0. The molecule has 0 bridgehead atoms. The fraction of sp³-hybridized carbons (Fsp3) is 0.667. The molecule has 0 aliphatic carbocycles. The Morgan fingerprint density at radius 3 is 2.64 bits per heavy atom. The standard InChI is InChI=1S/C9H19N3O2/c1-3-4-5-6(2)8(13)7(10)9(14)12-11/h3-4,6-8,13H,5,10-11H2,1-2H3,(H,12,14)/b4-3+/t6-,7-,8-/m1/s1. The Bertz CT molecular complexity index is 206. The average molecular weight is 201 g/mol. The van der Waals surface area contributed by atoms with Crippen LogP contribution < -0.4 is 17.0 Å². The predicted molar refractivity (Wildman–Crippen MR) is 54.9 cm³/mol. The predicted octanol–water partition coefficient (Wildman–Crippen LogP) is -0.733. The number of carbonyl (C=O) groups excluding carboxylic acids is 1. The third-order valence-corrected chi connectivity index (χ3v) is 2.14. The molecule has 0 heterocycles. The topological polar surface area (TPSA) is 101 Å². The van der Waals surface area contributed by atoms with Crippen molar-refractivity contribution in [3.05, 3.63) is 12.2 Å². The molecule has 0 rings (SSSR count). The second-order valence-electron chi connectivity index (χ2n) is 3.31. The molecule has 82 valence electrons. The molecule has 0 aromatic carbocycles. The van der Waals surface area contributed by atoms with Crippen molar-refractivity contribution in [2.75, 3.05) is 0 Å². The molecule has 1 amide bonds. The minimum Gasteiger partial charge on any atom is -0.391 e. The van der Waals surface area contributed by atoms with E-state index in [1.165, 1.54) is 0 Å². The SMILES string of the molecule is C/C=C/C[C@@H](C)[C@@H](O)[C@@H](N)C(=O)NN. The summed E-state index contributed by atoms with van der Waals surface area (Å²) in [5.41, 5.74) is 7.39. The third-order valence-electron chi connectivity index (χ3n) is 2.14. The van der Waals surface area contributed by atoms with Crippen molar-refractivity contribution in [3.8, 4) is 0 Å². The Kier molecular flexibility index (Phi) is 6.11. The molecule has 0 fully saturated rings. The maximum Gasteiger partial charge on any atom is 0.253 e. The van der Waals surface area contributed by atoms with E-state index < -0.39 is 18.1 Å². The molecule has 0 aromatic heterocycles. The molecule has 0 spiro atoms. The number of nitrogens with one attached hydrogen (secondary N) is 1. The number of aliphatic hydroxyl groups is 1. The zero-order valence-electron chi connectivity index (χ0n) is 8.60. The summed E-state index contributed by atoms with van der Waals surface area (Å²) >= 11 is 0. The van der Waals surface area contributed by atoms with Crippen LogP contribution in [0.1, 0.15) is 20.3 Å². The first-order valence-corrected chi connectivity index (χ1v) is 4.59. The van der Waals surface area contributed by atoms with Gasteiger partial charge in [0.05, 0.1) is 6.10 Å². The lowest BCUT2D eigenvalue weighted by molar-refractivity contribution is -0.125. The number of carbonyl (C=O) groups is 1. The van der Waals surface area contributed by atoms with Crippen LogP contribution in [0, 0.1) is 5.92 Å². The normalized spacial score (nSPS) is 17.8. The highest BCUT2D eigenvalue weighted by molar-refractivity contribution is 5.81. The van der Waals surface area contributed by atoms with Crippen molar-refractivity contribution in [2.45, 2.75) is 32.4 Å². The van der Waals surface area contributed by atoms with Gasteiger partial charge < -0.3 is 10.8 Å². The van der Waals surface area contributed by atoms with E-state index in [4.69, 9.17) is 11.6 Å². The van der Waals surface area contributed by atoms with E-state index in [9.17, 15) is 9.90 Å². The lowest BCUT2D eigenvalue weighted by atomic mass is 9.95. The maximum atomic E-state index is 11.0. The Morgan fingerprint density at radius 2 is 2.21 bits per heavy atom. The minimum atomic E-state index is -0.972. The number of rotatable bonds is 5. The van der Waals surface area contributed by atoms with E-state index in [-0.39, 0.29) is 5.92 Å². The molecule has 0 unspecified atom stereocenters. The van der Waals surface area contributed by atoms with Crippen molar-refractivity contribution in [3.63, 3.8) is 0 Å². The molecule has 0 saturated heterocycles. The van der Waals surface area contributed by atoms with E-state index in [1.807, 2.05) is 31.4 Å². The molecule has 5 heteroatoms. The molecule has 0 aliphatic heterocycles. The first-order chi connectivity index (χ1) is 6.54. The summed E-state index contributed by atoms with van der Waals surface area (Å²) in [5.74, 6) is 4.28. The van der Waals surface area contributed by atoms with Gasteiger partial charge in [0.25, 0.3) is 5.91 Å². The molecule has 5 nitrogen and oxygen atoms in total. The van der Waals surface area contributed by atoms with Gasteiger partial charge >= 0.3 is 0 Å². The monoisotopic (exact) mass is 201 g/mol. The van der Waals surface area contributed by atoms with Gasteiger partial charge in [-0.2, -0.15) is 0 Å². The molecule has 0 saturated carbocycles. The van der Waals surface area contributed by atoms with E-state index in [0.717, 1.165) is 0 Å². The average Bonchev–Trinajstić information content (AvgIpc) is 2.22. The largest absolute Gasteiger partial charge is 0.391 e. The highest BCUT2D eigenvalue weighted by Crippen LogP contribution is 2.11. The van der Waals surface area contributed by atoms with Gasteiger partial charge in [0.15, 0.2) is 0 Å². The van der Waals surface area contributed by atoms with Gasteiger partial charge in [-0.1, -0.05) is 19.1 Å². The highest BCUT2D eigenvalue weighted by atomic mass is 16.3. The van der Waals surface area contributed by atoms with Crippen molar-refractivity contribution in [1.29, 1.82) is 0 Å². The lowest BCUT2D eigenvalue weighted by Crippen LogP contribution is -2.52. The molecule has 14 heavy (non-hydrogen) atoms. The zero-order valence-corrected chi connectivity index (χ0v) is 8.60. The number of hydrogen-bond donors (Lipinski definition) is 4. The van der Waals surface area contributed by atoms with Crippen LogP contribution in [0.3, 0.4) is 0 Å². The molecule has 0 aliphatic rings. The molecular formula is C9H19N3O2. The quantitative estimate of drug-likeness (QED) is 0.204. The van der Waals surface area contributed by atoms with Crippen LogP contribution in [0.15, 0.2) is 12.2 Å². The first-order valence-electron chi connectivity index (χ1n) is 4.59. The Hall–Kier alpha value is -0.910. The Morgan fingerprint density at radius 1 is 1.64 bits per heavy atom. The van der Waals surface area contributed by atoms with Gasteiger partial charge in [-0.3, -0.25) is 10.2 Å². The summed E-state index contributed by atoms with van der Waals surface area (Å²) in [6.07, 6.45) is 3.61. The van der Waals surface area contributed by atoms with E-state index in [2.05, 4.69) is 0 Å². The van der Waals surface area contributed by atoms with Crippen molar-refractivity contribution >= 4 is 5.91 Å². The van der Waals surface area contributed by atoms with Crippen LogP contribution in [0.2, 0.25) is 0 Å². The van der Waals surface area contributed by atoms with E-state index in [0.29, 0.717) is 6.42 Å². The number of nitrogens with two attached hydrogens (primary N) is 2. The van der Waals surface area contributed by atoms with Crippen LogP contribution in [-0.4, -0.2) is 23.2 Å². The highest BCUT2D eigenvalue weighted by Gasteiger charge is 2.26. The Labute approximate surface area is 84.1 Å². The summed E-state index contributed by atoms with van der Waals surface area (Å²) in [6, 6.07) is -0.972. The number of hydrazine groups is 1. The summed E-state index contributed by atoms with van der Waals surface area (Å²) in [5, 5.41) is 9.64. The zero-order chi connectivity index (χ0) is 11.1. The van der Waals surface area contributed by atoms with Crippen LogP contribution in [0.25, 0.3) is 0 Å². The Balaban J connectivity index is 4.15. The van der Waals surface area contributed by atoms with E-state index >= 15 is 0 Å². The first kappa shape index (κ1) is 13.1. The van der Waals surface area contributed by atoms with E-state index in [1.54, 1.807) is 0 Å². The molecule has 0 aromatic rings. The van der Waals surface area contributed by atoms with Crippen LogP contribution >= 0.6 is 0 Å². The molecule has 3 atom stereocenters. The third kappa shape index (κ3) is 3.87. The van der Waals surface area contributed by atoms with Gasteiger partial charge in [0.1, 0.15) is 6.04 Å². The van der Waals surface area contributed by atoms with Gasteiger partial charge in [0, 0.05) is 0 Å². The van der Waals surface area contributed by atoms with Crippen LogP contribution in [-0.2, 0) is 4.79 Å². The van der Waals surface area contributed by atoms with Crippen LogP contribution in [0.5, 0.6) is 0 Å². The molecule has 6 N–H and O–H groups in total.